The summed E-state index contributed by atoms with van der Waals surface area (Å²) in [6, 6.07) is 29.9. The van der Waals surface area contributed by atoms with Gasteiger partial charge in [0, 0.05) is 0 Å². The van der Waals surface area contributed by atoms with Crippen molar-refractivity contribution in [2.45, 2.75) is 13.2 Å². The molecule has 5 aromatic carbocycles. The predicted octanol–water partition coefficient (Wildman–Crippen LogP) is 6.64. The Morgan fingerprint density at radius 1 is 0.595 bits per heavy atom. The minimum Gasteiger partial charge on any atom is -0.489 e. The second kappa shape index (κ2) is 10.4. The molecular formula is C31H24O6. The van der Waals surface area contributed by atoms with E-state index in [2.05, 4.69) is 0 Å². The van der Waals surface area contributed by atoms with Gasteiger partial charge >= 0.3 is 11.9 Å². The van der Waals surface area contributed by atoms with Gasteiger partial charge < -0.3 is 19.3 Å². The Labute approximate surface area is 213 Å². The lowest BCUT2D eigenvalue weighted by Crippen LogP contribution is -2.00. The molecule has 184 valence electrons. The summed E-state index contributed by atoms with van der Waals surface area (Å²) in [5.41, 5.74) is 2.84. The zero-order valence-corrected chi connectivity index (χ0v) is 20.1. The summed E-state index contributed by atoms with van der Waals surface area (Å²) in [4.78, 5) is 22.9. The van der Waals surface area contributed by atoms with E-state index >= 15 is 0 Å². The Morgan fingerprint density at radius 3 is 1.51 bits per heavy atom. The topological polar surface area (TPSA) is 82.1 Å². The van der Waals surface area contributed by atoms with Gasteiger partial charge in [-0.2, -0.15) is 0 Å². The first kappa shape index (κ1) is 23.9. The minimum absolute atomic E-state index is 0.264. The molecule has 0 saturated carbocycles. The lowest BCUT2D eigenvalue weighted by atomic mass is 10.1. The maximum atomic E-state index is 11.7. The van der Waals surface area contributed by atoms with Crippen LogP contribution >= 0.6 is 0 Å². The number of carbonyl (C=O) groups excluding carboxylic acids is 1. The van der Waals surface area contributed by atoms with Crippen molar-refractivity contribution in [3.63, 3.8) is 0 Å². The third-order valence-electron chi connectivity index (χ3n) is 6.13. The molecule has 0 aliphatic heterocycles. The number of carboxylic acids is 1. The van der Waals surface area contributed by atoms with E-state index in [1.54, 1.807) is 30.3 Å². The van der Waals surface area contributed by atoms with Crippen LogP contribution in [-0.2, 0) is 18.0 Å². The second-order valence-electron chi connectivity index (χ2n) is 8.64. The van der Waals surface area contributed by atoms with Crippen molar-refractivity contribution in [2.24, 2.45) is 0 Å². The number of hydrogen-bond donors (Lipinski definition) is 1. The molecule has 0 bridgehead atoms. The summed E-state index contributed by atoms with van der Waals surface area (Å²) in [5.74, 6) is 0.170. The molecule has 1 N–H and O–H groups in total. The standard InChI is InChI=1S/C31H24O6/c1-35-31(34)27-9-7-25-17-29(13-11-23(25)15-27)37-19-21-4-2-20(3-5-21)18-36-28-12-10-22-14-26(30(32)33)8-6-24(22)16-28/h2-17H,18-19H2,1H3,(H,32,33). The van der Waals surface area contributed by atoms with Crippen LogP contribution in [0, 0.1) is 0 Å². The molecule has 0 atom stereocenters. The number of rotatable bonds is 8. The number of aromatic carboxylic acids is 1. The molecule has 0 aliphatic carbocycles. The summed E-state index contributed by atoms with van der Waals surface area (Å²) < 4.78 is 16.7. The number of benzene rings is 5. The smallest absolute Gasteiger partial charge is 0.337 e. The van der Waals surface area contributed by atoms with Crippen molar-refractivity contribution in [2.75, 3.05) is 7.11 Å². The third-order valence-corrected chi connectivity index (χ3v) is 6.13. The van der Waals surface area contributed by atoms with Crippen LogP contribution in [-0.4, -0.2) is 24.2 Å². The van der Waals surface area contributed by atoms with Crippen LogP contribution in [0.1, 0.15) is 31.8 Å². The quantitative estimate of drug-likeness (QED) is 0.245. The van der Waals surface area contributed by atoms with E-state index in [0.717, 1.165) is 44.2 Å². The molecule has 6 heteroatoms. The second-order valence-corrected chi connectivity index (χ2v) is 8.64. The Kier molecular flexibility index (Phi) is 6.72. The molecule has 0 fully saturated rings. The van der Waals surface area contributed by atoms with E-state index in [-0.39, 0.29) is 11.5 Å². The zero-order chi connectivity index (χ0) is 25.8. The van der Waals surface area contributed by atoms with Crippen LogP contribution in [0.2, 0.25) is 0 Å². The highest BCUT2D eigenvalue weighted by Crippen LogP contribution is 2.25. The molecule has 0 radical (unpaired) electrons. The van der Waals surface area contributed by atoms with Crippen molar-refractivity contribution < 1.29 is 28.9 Å². The number of ether oxygens (including phenoxy) is 3. The molecule has 5 rings (SSSR count). The van der Waals surface area contributed by atoms with Gasteiger partial charge in [0.1, 0.15) is 24.7 Å². The summed E-state index contributed by atoms with van der Waals surface area (Å²) >= 11 is 0. The van der Waals surface area contributed by atoms with E-state index in [0.29, 0.717) is 18.8 Å². The Hall–Kier alpha value is -4.84. The molecule has 37 heavy (non-hydrogen) atoms. The van der Waals surface area contributed by atoms with E-state index in [1.165, 1.54) is 7.11 Å². The lowest BCUT2D eigenvalue weighted by molar-refractivity contribution is 0.0600. The highest BCUT2D eigenvalue weighted by Gasteiger charge is 2.07. The van der Waals surface area contributed by atoms with Crippen LogP contribution in [0.25, 0.3) is 21.5 Å². The van der Waals surface area contributed by atoms with Gasteiger partial charge in [-0.25, -0.2) is 9.59 Å². The molecule has 0 amide bonds. The normalized spacial score (nSPS) is 10.8. The maximum absolute atomic E-state index is 11.7. The predicted molar refractivity (Wildman–Crippen MR) is 141 cm³/mol. The largest absolute Gasteiger partial charge is 0.489 e. The first-order valence-electron chi connectivity index (χ1n) is 11.7. The number of fused-ring (bicyclic) bond motifs is 2. The van der Waals surface area contributed by atoms with E-state index in [1.807, 2.05) is 66.7 Å². The molecule has 0 unspecified atom stereocenters. The molecule has 0 heterocycles. The minimum atomic E-state index is -0.941. The fourth-order valence-electron chi connectivity index (χ4n) is 4.07. The fourth-order valence-corrected chi connectivity index (χ4v) is 4.07. The van der Waals surface area contributed by atoms with Crippen LogP contribution in [0.15, 0.2) is 97.1 Å². The van der Waals surface area contributed by atoms with E-state index in [4.69, 9.17) is 19.3 Å². The van der Waals surface area contributed by atoms with Crippen molar-refractivity contribution >= 4 is 33.5 Å². The Bertz CT molecular complexity index is 1600. The van der Waals surface area contributed by atoms with Crippen LogP contribution in [0.3, 0.4) is 0 Å². The first-order chi connectivity index (χ1) is 18.0. The SMILES string of the molecule is COC(=O)c1ccc2cc(OCc3ccc(COc4ccc5cc(C(=O)O)ccc5c4)cc3)ccc2c1. The van der Waals surface area contributed by atoms with E-state index < -0.39 is 5.97 Å². The van der Waals surface area contributed by atoms with Gasteiger partial charge in [-0.15, -0.1) is 0 Å². The van der Waals surface area contributed by atoms with Crippen LogP contribution < -0.4 is 9.47 Å². The highest BCUT2D eigenvalue weighted by molar-refractivity contribution is 5.96. The summed E-state index contributed by atoms with van der Waals surface area (Å²) in [7, 11) is 1.37. The number of carbonyl (C=O) groups is 2. The number of methoxy groups -OCH3 is 1. The van der Waals surface area contributed by atoms with Crippen molar-refractivity contribution in [3.8, 4) is 11.5 Å². The molecule has 0 aromatic heterocycles. The third kappa shape index (κ3) is 5.54. The summed E-state index contributed by atoms with van der Waals surface area (Å²) in [5, 5.41) is 12.8. The Morgan fingerprint density at radius 2 is 1.03 bits per heavy atom. The van der Waals surface area contributed by atoms with Crippen molar-refractivity contribution in [3.05, 3.63) is 119 Å². The van der Waals surface area contributed by atoms with Crippen molar-refractivity contribution in [1.82, 2.24) is 0 Å². The van der Waals surface area contributed by atoms with Gasteiger partial charge in [-0.1, -0.05) is 48.5 Å². The average Bonchev–Trinajstić information content (AvgIpc) is 2.94. The summed E-state index contributed by atoms with van der Waals surface area (Å²) in [6.45, 7) is 0.841. The van der Waals surface area contributed by atoms with E-state index in [9.17, 15) is 9.59 Å². The zero-order valence-electron chi connectivity index (χ0n) is 20.1. The lowest BCUT2D eigenvalue weighted by Gasteiger charge is -2.10. The van der Waals surface area contributed by atoms with Gasteiger partial charge in [0.15, 0.2) is 0 Å². The number of carboxylic acid groups (broad SMARTS) is 1. The molecule has 6 nitrogen and oxygen atoms in total. The first-order valence-corrected chi connectivity index (χ1v) is 11.7. The van der Waals surface area contributed by atoms with Gasteiger partial charge in [0.05, 0.1) is 18.2 Å². The average molecular weight is 493 g/mol. The Balaban J connectivity index is 1.17. The van der Waals surface area contributed by atoms with Gasteiger partial charge in [0.25, 0.3) is 0 Å². The molecule has 0 aliphatic rings. The molecular weight excluding hydrogens is 468 g/mol. The fraction of sp³-hybridized carbons (Fsp3) is 0.0968. The van der Waals surface area contributed by atoms with Gasteiger partial charge in [0.2, 0.25) is 0 Å². The van der Waals surface area contributed by atoms with Gasteiger partial charge in [-0.3, -0.25) is 0 Å². The van der Waals surface area contributed by atoms with Crippen molar-refractivity contribution in [1.29, 1.82) is 0 Å². The molecule has 0 spiro atoms. The number of hydrogen-bond acceptors (Lipinski definition) is 5. The monoisotopic (exact) mass is 492 g/mol. The molecule has 0 saturated heterocycles. The van der Waals surface area contributed by atoms with Gasteiger partial charge in [-0.05, 0) is 81.2 Å². The van der Waals surface area contributed by atoms with Crippen LogP contribution in [0.5, 0.6) is 11.5 Å². The van der Waals surface area contributed by atoms with Crippen LogP contribution in [0.4, 0.5) is 0 Å². The summed E-state index contributed by atoms with van der Waals surface area (Å²) in [6.07, 6.45) is 0. The maximum Gasteiger partial charge on any atom is 0.337 e. The number of esters is 1. The highest BCUT2D eigenvalue weighted by atomic mass is 16.5. The molecule has 5 aromatic rings.